The third kappa shape index (κ3) is 4.67. The van der Waals surface area contributed by atoms with Gasteiger partial charge in [0.1, 0.15) is 0 Å². The van der Waals surface area contributed by atoms with Gasteiger partial charge in [0.05, 0.1) is 24.6 Å². The molecule has 2 aromatic heterocycles. The average molecular weight is 354 g/mol. The van der Waals surface area contributed by atoms with Crippen LogP contribution in [0.25, 0.3) is 0 Å². The molecule has 1 aromatic carbocycles. The molecule has 0 unspecified atom stereocenters. The number of hydrogen-bond donors (Lipinski definition) is 2. The van der Waals surface area contributed by atoms with Crippen LogP contribution in [0.4, 0.5) is 5.69 Å². The largest absolute Gasteiger partial charge is 0.358 e. The van der Waals surface area contributed by atoms with Crippen molar-refractivity contribution in [3.05, 3.63) is 65.7 Å². The standard InChI is InChI=1S/C18H22N6S/c1-3-23-11-15(9-20-23)8-19-18(25)22-17-10-21-24(13-17)12-16-7-5-4-6-14(16)2/h4-7,9-11,13H,3,8,12H2,1-2H3,(H2,19,22,25). The number of thiocarbonyl (C=S) groups is 1. The topological polar surface area (TPSA) is 59.7 Å². The van der Waals surface area contributed by atoms with Crippen LogP contribution in [0.5, 0.6) is 0 Å². The Hall–Kier alpha value is -2.67. The summed E-state index contributed by atoms with van der Waals surface area (Å²) in [6, 6.07) is 8.32. The van der Waals surface area contributed by atoms with Crippen molar-refractivity contribution in [1.82, 2.24) is 24.9 Å². The first-order valence-corrected chi connectivity index (χ1v) is 8.68. The zero-order valence-electron chi connectivity index (χ0n) is 14.4. The van der Waals surface area contributed by atoms with Crippen molar-refractivity contribution < 1.29 is 0 Å². The van der Waals surface area contributed by atoms with Gasteiger partial charge in [-0.05, 0) is 37.2 Å². The van der Waals surface area contributed by atoms with E-state index in [1.165, 1.54) is 11.1 Å². The summed E-state index contributed by atoms with van der Waals surface area (Å²) in [5, 5.41) is 15.6. The maximum absolute atomic E-state index is 5.34. The van der Waals surface area contributed by atoms with E-state index in [1.807, 2.05) is 40.1 Å². The van der Waals surface area contributed by atoms with Crippen LogP contribution in [0.2, 0.25) is 0 Å². The van der Waals surface area contributed by atoms with Crippen LogP contribution in [0.15, 0.2) is 49.1 Å². The number of rotatable bonds is 6. The Kier molecular flexibility index (Phi) is 5.45. The fourth-order valence-electron chi connectivity index (χ4n) is 2.50. The summed E-state index contributed by atoms with van der Waals surface area (Å²) < 4.78 is 3.79. The van der Waals surface area contributed by atoms with Gasteiger partial charge in [0.15, 0.2) is 5.11 Å². The third-order valence-corrected chi connectivity index (χ3v) is 4.19. The fourth-order valence-corrected chi connectivity index (χ4v) is 2.69. The molecule has 130 valence electrons. The van der Waals surface area contributed by atoms with E-state index in [0.717, 1.165) is 24.3 Å². The van der Waals surface area contributed by atoms with Gasteiger partial charge >= 0.3 is 0 Å². The van der Waals surface area contributed by atoms with Gasteiger partial charge < -0.3 is 10.6 Å². The lowest BCUT2D eigenvalue weighted by Gasteiger charge is -2.08. The summed E-state index contributed by atoms with van der Waals surface area (Å²) in [4.78, 5) is 0. The van der Waals surface area contributed by atoms with E-state index in [2.05, 4.69) is 46.8 Å². The van der Waals surface area contributed by atoms with E-state index >= 15 is 0 Å². The Morgan fingerprint density at radius 1 is 1.12 bits per heavy atom. The van der Waals surface area contributed by atoms with Crippen LogP contribution >= 0.6 is 12.2 Å². The average Bonchev–Trinajstić information content (AvgIpc) is 3.24. The van der Waals surface area contributed by atoms with Crippen molar-refractivity contribution in [2.75, 3.05) is 5.32 Å². The molecule has 0 spiro atoms. The van der Waals surface area contributed by atoms with Gasteiger partial charge in [-0.1, -0.05) is 24.3 Å². The first-order valence-electron chi connectivity index (χ1n) is 8.27. The van der Waals surface area contributed by atoms with E-state index in [-0.39, 0.29) is 0 Å². The minimum atomic E-state index is 0.569. The molecule has 0 fully saturated rings. The van der Waals surface area contributed by atoms with Crippen LogP contribution in [-0.2, 0) is 19.6 Å². The van der Waals surface area contributed by atoms with Crippen LogP contribution in [0.1, 0.15) is 23.6 Å². The van der Waals surface area contributed by atoms with Gasteiger partial charge in [-0.3, -0.25) is 9.36 Å². The molecule has 2 heterocycles. The highest BCUT2D eigenvalue weighted by Crippen LogP contribution is 2.11. The maximum Gasteiger partial charge on any atom is 0.171 e. The monoisotopic (exact) mass is 354 g/mol. The summed E-state index contributed by atoms with van der Waals surface area (Å²) in [6.07, 6.45) is 7.59. The van der Waals surface area contributed by atoms with Crippen molar-refractivity contribution in [2.45, 2.75) is 33.5 Å². The lowest BCUT2D eigenvalue weighted by molar-refractivity contribution is 0.659. The maximum atomic E-state index is 5.34. The third-order valence-electron chi connectivity index (χ3n) is 3.95. The van der Waals surface area contributed by atoms with Gasteiger partial charge in [0.2, 0.25) is 0 Å². The first-order chi connectivity index (χ1) is 12.1. The quantitative estimate of drug-likeness (QED) is 0.667. The SMILES string of the molecule is CCn1cc(CNC(=S)Nc2cnn(Cc3ccccc3C)c2)cn1. The Morgan fingerprint density at radius 2 is 1.92 bits per heavy atom. The van der Waals surface area contributed by atoms with Crippen molar-refractivity contribution in [1.29, 1.82) is 0 Å². The molecule has 0 aliphatic heterocycles. The van der Waals surface area contributed by atoms with E-state index < -0.39 is 0 Å². The van der Waals surface area contributed by atoms with E-state index in [0.29, 0.717) is 11.7 Å². The van der Waals surface area contributed by atoms with Gasteiger partial charge in [-0.15, -0.1) is 0 Å². The summed E-state index contributed by atoms with van der Waals surface area (Å²) in [7, 11) is 0. The minimum Gasteiger partial charge on any atom is -0.358 e. The molecule has 7 heteroatoms. The summed E-state index contributed by atoms with van der Waals surface area (Å²) in [5.41, 5.74) is 4.49. The molecular weight excluding hydrogens is 332 g/mol. The molecule has 25 heavy (non-hydrogen) atoms. The number of aryl methyl sites for hydroxylation is 2. The summed E-state index contributed by atoms with van der Waals surface area (Å²) in [6.45, 7) is 6.42. The Morgan fingerprint density at radius 3 is 2.68 bits per heavy atom. The second kappa shape index (κ2) is 7.94. The van der Waals surface area contributed by atoms with E-state index in [4.69, 9.17) is 12.2 Å². The number of nitrogens with zero attached hydrogens (tertiary/aromatic N) is 4. The van der Waals surface area contributed by atoms with Crippen molar-refractivity contribution in [3.8, 4) is 0 Å². The number of anilines is 1. The van der Waals surface area contributed by atoms with E-state index in [9.17, 15) is 0 Å². The van der Waals surface area contributed by atoms with Crippen molar-refractivity contribution >= 4 is 23.0 Å². The molecule has 3 aromatic rings. The van der Waals surface area contributed by atoms with Crippen LogP contribution in [0.3, 0.4) is 0 Å². The van der Waals surface area contributed by atoms with Gasteiger partial charge in [-0.2, -0.15) is 10.2 Å². The van der Waals surface area contributed by atoms with E-state index in [1.54, 1.807) is 6.20 Å². The molecular formula is C18H22N6S. The summed E-state index contributed by atoms with van der Waals surface area (Å²) in [5.74, 6) is 0. The second-order valence-electron chi connectivity index (χ2n) is 5.87. The number of benzene rings is 1. The smallest absolute Gasteiger partial charge is 0.171 e. The molecule has 3 rings (SSSR count). The minimum absolute atomic E-state index is 0.569. The normalized spacial score (nSPS) is 10.6. The predicted octanol–water partition coefficient (Wildman–Crippen LogP) is 2.94. The zero-order valence-corrected chi connectivity index (χ0v) is 15.3. The Labute approximate surface area is 152 Å². The lowest BCUT2D eigenvalue weighted by atomic mass is 10.1. The molecule has 0 amide bonds. The molecule has 0 bridgehead atoms. The molecule has 0 saturated heterocycles. The summed E-state index contributed by atoms with van der Waals surface area (Å²) >= 11 is 5.34. The van der Waals surface area contributed by atoms with Gasteiger partial charge in [0.25, 0.3) is 0 Å². The molecule has 0 saturated carbocycles. The van der Waals surface area contributed by atoms with Crippen LogP contribution in [-0.4, -0.2) is 24.7 Å². The predicted molar refractivity (Wildman–Crippen MR) is 103 cm³/mol. The molecule has 0 aliphatic carbocycles. The molecule has 0 atom stereocenters. The highest BCUT2D eigenvalue weighted by atomic mass is 32.1. The molecule has 0 aliphatic rings. The second-order valence-corrected chi connectivity index (χ2v) is 6.27. The Balaban J connectivity index is 1.52. The van der Waals surface area contributed by atoms with Gasteiger partial charge in [-0.25, -0.2) is 0 Å². The Bertz CT molecular complexity index is 851. The van der Waals surface area contributed by atoms with Crippen molar-refractivity contribution in [2.24, 2.45) is 0 Å². The fraction of sp³-hybridized carbons (Fsp3) is 0.278. The van der Waals surface area contributed by atoms with Crippen LogP contribution in [0, 0.1) is 6.92 Å². The van der Waals surface area contributed by atoms with Crippen molar-refractivity contribution in [3.63, 3.8) is 0 Å². The molecule has 6 nitrogen and oxygen atoms in total. The highest BCUT2D eigenvalue weighted by Gasteiger charge is 2.04. The number of aromatic nitrogens is 4. The molecule has 2 N–H and O–H groups in total. The highest BCUT2D eigenvalue weighted by molar-refractivity contribution is 7.80. The van der Waals surface area contributed by atoms with Crippen LogP contribution < -0.4 is 10.6 Å². The number of nitrogens with one attached hydrogen (secondary N) is 2. The lowest BCUT2D eigenvalue weighted by Crippen LogP contribution is -2.27. The number of hydrogen-bond acceptors (Lipinski definition) is 3. The first kappa shape index (κ1) is 17.2. The zero-order chi connectivity index (χ0) is 17.6. The van der Waals surface area contributed by atoms with Gasteiger partial charge in [0, 0.05) is 31.0 Å². The molecule has 0 radical (unpaired) electrons.